The molecule has 2 nitrogen and oxygen atoms in total. The standard InChI is InChI=1S/C26H24P2.2C17H11N.2Au/c1-5-13-23(14-6-1)27(24-15-7-2-8-16-24)21-22-28(25-17-9-3-10-18-25)26-19-11-4-12-20-26;2*1-3-8-14(9-4-1)16-12-7-13-17(18-16)15-10-5-2-6-11-15;;/h1-20H,21-22H2;2*1-8,10,12-13H;;/q;2*-2;2*+3. The van der Waals surface area contributed by atoms with Crippen LogP contribution in [0.5, 0.6) is 0 Å². The average molecular weight is 1250 g/mol. The van der Waals surface area contributed by atoms with E-state index in [9.17, 15) is 0 Å². The molecule has 2 heterocycles. The van der Waals surface area contributed by atoms with Gasteiger partial charge < -0.3 is 9.97 Å². The van der Waals surface area contributed by atoms with Crippen LogP contribution in [0.25, 0.3) is 45.0 Å². The maximum absolute atomic E-state index is 4.65. The Morgan fingerprint density at radius 2 is 0.485 bits per heavy atom. The topological polar surface area (TPSA) is 25.8 Å². The molecule has 0 spiro atoms. The van der Waals surface area contributed by atoms with E-state index in [1.165, 1.54) is 33.5 Å². The molecule has 0 saturated heterocycles. The molecule has 0 unspecified atom stereocenters. The predicted molar refractivity (Wildman–Crippen MR) is 273 cm³/mol. The second kappa shape index (κ2) is 27.1. The average Bonchev–Trinajstić information content (AvgIpc) is 3.40. The zero-order chi connectivity index (χ0) is 43.4. The number of hydrogen-bond acceptors (Lipinski definition) is 2. The summed E-state index contributed by atoms with van der Waals surface area (Å²) in [5.74, 6) is 0. The number of hydrogen-bond donors (Lipinski definition) is 0. The van der Waals surface area contributed by atoms with Gasteiger partial charge in [-0.25, -0.2) is 0 Å². The molecule has 8 aromatic carbocycles. The van der Waals surface area contributed by atoms with E-state index in [-0.39, 0.29) is 60.6 Å². The molecule has 0 fully saturated rings. The summed E-state index contributed by atoms with van der Waals surface area (Å²) in [6.07, 6.45) is 2.41. The van der Waals surface area contributed by atoms with Gasteiger partial charge in [0.2, 0.25) is 0 Å². The molecular weight excluding hydrogens is 1200 g/mol. The fraction of sp³-hybridized carbons (Fsp3) is 0.0333. The van der Waals surface area contributed by atoms with Crippen molar-refractivity contribution in [2.45, 2.75) is 0 Å². The Morgan fingerprint density at radius 3 is 0.697 bits per heavy atom. The van der Waals surface area contributed by atoms with Gasteiger partial charge in [-0.3, -0.25) is 0 Å². The van der Waals surface area contributed by atoms with Crippen molar-refractivity contribution in [2.24, 2.45) is 0 Å². The van der Waals surface area contributed by atoms with Gasteiger partial charge in [-0.05, 0) is 72.2 Å². The van der Waals surface area contributed by atoms with Crippen LogP contribution in [-0.2, 0) is 44.8 Å². The largest absolute Gasteiger partial charge is 3.00 e. The SMILES string of the molecule is [Au+3].[Au+3].[c-]1ccccc1-c1cccc(-c2[c-]cccc2)n1.[c-]1ccccc1-c1cccc(-c2[c-]cccc2)n1.c1ccc(P(CCP(c2ccccc2)c2ccccc2)c2ccccc2)cc1. The van der Waals surface area contributed by atoms with Crippen LogP contribution in [0.3, 0.4) is 0 Å². The van der Waals surface area contributed by atoms with Crippen LogP contribution < -0.4 is 21.2 Å². The first kappa shape index (κ1) is 49.8. The van der Waals surface area contributed by atoms with Crippen molar-refractivity contribution in [3.63, 3.8) is 0 Å². The minimum absolute atomic E-state index is 0. The maximum atomic E-state index is 4.65. The Balaban J connectivity index is 0.000000167. The zero-order valence-electron chi connectivity index (χ0n) is 36.1. The van der Waals surface area contributed by atoms with Gasteiger partial charge in [0, 0.05) is 0 Å². The molecule has 326 valence electrons. The van der Waals surface area contributed by atoms with E-state index in [0.29, 0.717) is 0 Å². The molecule has 0 saturated carbocycles. The van der Waals surface area contributed by atoms with Gasteiger partial charge in [-0.15, -0.1) is 144 Å². The number of nitrogens with zero attached hydrogens (tertiary/aromatic N) is 2. The molecular formula is C60H46Au2N2P2+2. The van der Waals surface area contributed by atoms with Crippen LogP contribution in [-0.4, -0.2) is 22.3 Å². The molecule has 0 aliphatic rings. The van der Waals surface area contributed by atoms with E-state index in [2.05, 4.69) is 156 Å². The molecule has 0 atom stereocenters. The molecule has 0 N–H and O–H groups in total. The van der Waals surface area contributed by atoms with Crippen molar-refractivity contribution < 1.29 is 44.8 Å². The van der Waals surface area contributed by atoms with E-state index < -0.39 is 0 Å². The summed E-state index contributed by atoms with van der Waals surface area (Å²) in [4.78, 5) is 9.30. The summed E-state index contributed by atoms with van der Waals surface area (Å²) in [7, 11) is -0.696. The van der Waals surface area contributed by atoms with Gasteiger partial charge in [0.1, 0.15) is 0 Å². The monoisotopic (exact) mass is 1250 g/mol. The minimum atomic E-state index is -0.348. The second-order valence-electron chi connectivity index (χ2n) is 14.6. The van der Waals surface area contributed by atoms with E-state index in [0.717, 1.165) is 45.0 Å². The summed E-state index contributed by atoms with van der Waals surface area (Å²) in [6.45, 7) is 0. The van der Waals surface area contributed by atoms with Crippen molar-refractivity contribution in [3.8, 4) is 45.0 Å². The molecule has 0 bridgehead atoms. The molecule has 0 aliphatic heterocycles. The first-order valence-electron chi connectivity index (χ1n) is 21.4. The Kier molecular flexibility index (Phi) is 20.5. The van der Waals surface area contributed by atoms with Crippen molar-refractivity contribution >= 4 is 37.1 Å². The fourth-order valence-electron chi connectivity index (χ4n) is 7.13. The van der Waals surface area contributed by atoms with E-state index in [4.69, 9.17) is 0 Å². The normalized spacial score (nSPS) is 10.3. The maximum Gasteiger partial charge on any atom is 3.00 e. The van der Waals surface area contributed by atoms with Crippen molar-refractivity contribution in [1.29, 1.82) is 0 Å². The summed E-state index contributed by atoms with van der Waals surface area (Å²) in [5.41, 5.74) is 7.78. The third-order valence-corrected chi connectivity index (χ3v) is 15.6. The summed E-state index contributed by atoms with van der Waals surface area (Å²) in [5, 5.41) is 5.89. The molecule has 6 heteroatoms. The summed E-state index contributed by atoms with van der Waals surface area (Å²) >= 11 is 0. The zero-order valence-corrected chi connectivity index (χ0v) is 42.2. The summed E-state index contributed by atoms with van der Waals surface area (Å²) in [6, 6.07) is 100. The fourth-order valence-corrected chi connectivity index (χ4v) is 12.5. The number of aromatic nitrogens is 2. The summed E-state index contributed by atoms with van der Waals surface area (Å²) < 4.78 is 0. The minimum Gasteiger partial charge on any atom is -0.345 e. The van der Waals surface area contributed by atoms with Crippen molar-refractivity contribution in [1.82, 2.24) is 9.97 Å². The number of benzene rings is 8. The quantitative estimate of drug-likeness (QED) is 0.0733. The third-order valence-electron chi connectivity index (χ3n) is 10.3. The smallest absolute Gasteiger partial charge is 0.345 e. The Hall–Kier alpha value is -5.60. The molecule has 0 radical (unpaired) electrons. The first-order chi connectivity index (χ1) is 31.8. The Labute approximate surface area is 424 Å². The van der Waals surface area contributed by atoms with Crippen LogP contribution in [0.1, 0.15) is 0 Å². The second-order valence-corrected chi connectivity index (χ2v) is 19.2. The number of rotatable bonds is 11. The molecule has 0 amide bonds. The molecule has 66 heavy (non-hydrogen) atoms. The van der Waals surface area contributed by atoms with Gasteiger partial charge in [0.05, 0.1) is 0 Å². The van der Waals surface area contributed by atoms with Crippen LogP contribution in [0, 0.1) is 24.3 Å². The van der Waals surface area contributed by atoms with Gasteiger partial charge >= 0.3 is 44.8 Å². The number of pyridine rings is 2. The van der Waals surface area contributed by atoms with Gasteiger partial charge in [0.15, 0.2) is 0 Å². The first-order valence-corrected chi connectivity index (χ1v) is 24.4. The van der Waals surface area contributed by atoms with Crippen LogP contribution in [0.4, 0.5) is 0 Å². The van der Waals surface area contributed by atoms with Crippen LogP contribution >= 0.6 is 15.8 Å². The van der Waals surface area contributed by atoms with E-state index in [1.807, 2.05) is 133 Å². The van der Waals surface area contributed by atoms with Crippen molar-refractivity contribution in [3.05, 3.63) is 279 Å². The third kappa shape index (κ3) is 14.4. The van der Waals surface area contributed by atoms with Crippen molar-refractivity contribution in [2.75, 3.05) is 12.3 Å². The van der Waals surface area contributed by atoms with Gasteiger partial charge in [-0.1, -0.05) is 158 Å². The molecule has 10 aromatic rings. The Morgan fingerprint density at radius 1 is 0.258 bits per heavy atom. The van der Waals surface area contributed by atoms with Gasteiger partial charge in [0.25, 0.3) is 0 Å². The molecule has 2 aromatic heterocycles. The predicted octanol–water partition coefficient (Wildman–Crippen LogP) is 13.3. The van der Waals surface area contributed by atoms with E-state index in [1.54, 1.807) is 0 Å². The van der Waals surface area contributed by atoms with Crippen LogP contribution in [0.2, 0.25) is 0 Å². The van der Waals surface area contributed by atoms with Crippen LogP contribution in [0.15, 0.2) is 255 Å². The molecule has 0 aliphatic carbocycles. The Bertz CT molecular complexity index is 2470. The molecule has 10 rings (SSSR count). The van der Waals surface area contributed by atoms with E-state index >= 15 is 0 Å². The van der Waals surface area contributed by atoms with Gasteiger partial charge in [-0.2, -0.15) is 0 Å².